The molecule has 0 spiro atoms. The van der Waals surface area contributed by atoms with Crippen molar-refractivity contribution in [3.8, 4) is 0 Å². The molecule has 0 unspecified atom stereocenters. The van der Waals surface area contributed by atoms with Crippen molar-refractivity contribution in [3.05, 3.63) is 102 Å². The molecule has 4 rings (SSSR count). The summed E-state index contributed by atoms with van der Waals surface area (Å²) in [5.74, 6) is -1.25. The molecule has 1 aliphatic rings. The molecule has 0 amide bonds. The van der Waals surface area contributed by atoms with E-state index in [1.54, 1.807) is 31.2 Å². The third-order valence-electron chi connectivity index (χ3n) is 5.43. The Morgan fingerprint density at radius 1 is 1.00 bits per heavy atom. The molecule has 3 aromatic rings. The smallest absolute Gasteiger partial charge is 0.338 e. The molecule has 35 heavy (non-hydrogen) atoms. The van der Waals surface area contributed by atoms with Crippen molar-refractivity contribution < 1.29 is 23.8 Å². The SMILES string of the molecule is Cc1cn([C@@H]2C[C@H](OC(=O)c3ccc(Cl)cc3)[C@H](COC(=O)c3ccc(Cl)cc3)O2)c(=O)[nH]c1=O. The summed E-state index contributed by atoms with van der Waals surface area (Å²) in [6.07, 6.45) is -1.12. The summed E-state index contributed by atoms with van der Waals surface area (Å²) in [5.41, 5.74) is -0.325. The Morgan fingerprint density at radius 3 is 2.17 bits per heavy atom. The number of hydrogen-bond acceptors (Lipinski definition) is 7. The summed E-state index contributed by atoms with van der Waals surface area (Å²) in [7, 11) is 0. The van der Waals surface area contributed by atoms with E-state index in [2.05, 4.69) is 4.98 Å². The molecule has 1 fully saturated rings. The zero-order valence-corrected chi connectivity index (χ0v) is 19.9. The maximum Gasteiger partial charge on any atom is 0.338 e. The number of esters is 2. The molecule has 1 aromatic heterocycles. The molecular formula is C24H20Cl2N2O7. The Hall–Kier alpha value is -3.40. The molecule has 1 aliphatic heterocycles. The van der Waals surface area contributed by atoms with Crippen molar-refractivity contribution in [3.63, 3.8) is 0 Å². The van der Waals surface area contributed by atoms with Gasteiger partial charge in [-0.05, 0) is 55.5 Å². The van der Waals surface area contributed by atoms with Crippen LogP contribution in [0.2, 0.25) is 10.0 Å². The molecular weight excluding hydrogens is 499 g/mol. The van der Waals surface area contributed by atoms with E-state index >= 15 is 0 Å². The van der Waals surface area contributed by atoms with E-state index in [-0.39, 0.29) is 24.2 Å². The van der Waals surface area contributed by atoms with Crippen LogP contribution in [-0.4, -0.2) is 40.3 Å². The topological polar surface area (TPSA) is 117 Å². The fraction of sp³-hybridized carbons (Fsp3) is 0.250. The number of aromatic amines is 1. The van der Waals surface area contributed by atoms with Crippen LogP contribution in [0.15, 0.2) is 64.3 Å². The molecule has 0 radical (unpaired) electrons. The Kier molecular flexibility index (Phi) is 7.39. The minimum absolute atomic E-state index is 0.0912. The number of aryl methyl sites for hydroxylation is 1. The number of aromatic nitrogens is 2. The van der Waals surface area contributed by atoms with E-state index < -0.39 is 41.6 Å². The van der Waals surface area contributed by atoms with Crippen molar-refractivity contribution in [2.75, 3.05) is 6.61 Å². The quantitative estimate of drug-likeness (QED) is 0.496. The summed E-state index contributed by atoms with van der Waals surface area (Å²) in [4.78, 5) is 51.5. The van der Waals surface area contributed by atoms with Crippen LogP contribution >= 0.6 is 23.2 Å². The molecule has 0 saturated carbocycles. The van der Waals surface area contributed by atoms with Gasteiger partial charge in [-0.15, -0.1) is 0 Å². The van der Waals surface area contributed by atoms with E-state index in [0.29, 0.717) is 15.6 Å². The van der Waals surface area contributed by atoms with Crippen LogP contribution in [0.25, 0.3) is 0 Å². The van der Waals surface area contributed by atoms with E-state index in [0.717, 1.165) is 0 Å². The van der Waals surface area contributed by atoms with Gasteiger partial charge in [0.05, 0.1) is 11.1 Å². The third-order valence-corrected chi connectivity index (χ3v) is 5.94. The number of benzene rings is 2. The summed E-state index contributed by atoms with van der Waals surface area (Å²) < 4.78 is 18.2. The lowest BCUT2D eigenvalue weighted by Gasteiger charge is -2.19. The summed E-state index contributed by atoms with van der Waals surface area (Å²) in [5, 5.41) is 0.935. The largest absolute Gasteiger partial charge is 0.459 e. The first-order chi connectivity index (χ1) is 16.7. The average Bonchev–Trinajstić information content (AvgIpc) is 3.22. The van der Waals surface area contributed by atoms with Gasteiger partial charge in [0, 0.05) is 28.2 Å². The summed E-state index contributed by atoms with van der Waals surface area (Å²) >= 11 is 11.7. The van der Waals surface area contributed by atoms with Gasteiger partial charge in [0.1, 0.15) is 25.0 Å². The van der Waals surface area contributed by atoms with Crippen LogP contribution < -0.4 is 11.2 Å². The number of nitrogens with one attached hydrogen (secondary N) is 1. The highest BCUT2D eigenvalue weighted by molar-refractivity contribution is 6.31. The van der Waals surface area contributed by atoms with Gasteiger partial charge in [0.15, 0.2) is 0 Å². The number of H-pyrrole nitrogens is 1. The molecule has 11 heteroatoms. The molecule has 2 heterocycles. The molecule has 0 bridgehead atoms. The maximum absolute atomic E-state index is 12.7. The molecule has 9 nitrogen and oxygen atoms in total. The lowest BCUT2D eigenvalue weighted by atomic mass is 10.1. The lowest BCUT2D eigenvalue weighted by molar-refractivity contribution is -0.0582. The van der Waals surface area contributed by atoms with Crippen LogP contribution in [-0.2, 0) is 14.2 Å². The van der Waals surface area contributed by atoms with E-state index in [9.17, 15) is 19.2 Å². The molecule has 2 aromatic carbocycles. The Balaban J connectivity index is 1.53. The standard InChI is InChI=1S/C24H20Cl2N2O7/c1-13-11-28(24(32)27-21(13)29)20-10-18(35-23(31)15-4-8-17(26)9-5-15)19(34-20)12-33-22(30)14-2-6-16(25)7-3-14/h2-9,11,18-20H,10,12H2,1H3,(H,27,29,32)/t18-,19-,20-/m0/s1. The molecule has 0 aliphatic carbocycles. The van der Waals surface area contributed by atoms with Crippen molar-refractivity contribution in [1.82, 2.24) is 9.55 Å². The second kappa shape index (κ2) is 10.5. The number of carbonyl (C=O) groups is 2. The second-order valence-electron chi connectivity index (χ2n) is 7.90. The van der Waals surface area contributed by atoms with Crippen LogP contribution in [0.1, 0.15) is 38.9 Å². The van der Waals surface area contributed by atoms with Gasteiger partial charge in [-0.25, -0.2) is 14.4 Å². The molecule has 1 saturated heterocycles. The zero-order valence-electron chi connectivity index (χ0n) is 18.4. The zero-order chi connectivity index (χ0) is 25.1. The number of ether oxygens (including phenoxy) is 3. The van der Waals surface area contributed by atoms with Gasteiger partial charge < -0.3 is 14.2 Å². The normalized spacial score (nSPS) is 19.3. The van der Waals surface area contributed by atoms with Gasteiger partial charge in [-0.2, -0.15) is 0 Å². The van der Waals surface area contributed by atoms with Gasteiger partial charge >= 0.3 is 17.6 Å². The highest BCUT2D eigenvalue weighted by Gasteiger charge is 2.40. The highest BCUT2D eigenvalue weighted by atomic mass is 35.5. The first-order valence-electron chi connectivity index (χ1n) is 10.6. The lowest BCUT2D eigenvalue weighted by Crippen LogP contribution is -2.33. The summed E-state index contributed by atoms with van der Waals surface area (Å²) in [6.45, 7) is 1.31. The van der Waals surface area contributed by atoms with Crippen LogP contribution in [0.4, 0.5) is 0 Å². The predicted molar refractivity (Wildman–Crippen MR) is 127 cm³/mol. The van der Waals surface area contributed by atoms with Crippen molar-refractivity contribution in [2.45, 2.75) is 31.8 Å². The number of nitrogens with zero attached hydrogens (tertiary/aromatic N) is 1. The highest BCUT2D eigenvalue weighted by Crippen LogP contribution is 2.31. The monoisotopic (exact) mass is 518 g/mol. The van der Waals surface area contributed by atoms with E-state index in [4.69, 9.17) is 37.4 Å². The molecule has 3 atom stereocenters. The number of hydrogen-bond donors (Lipinski definition) is 1. The van der Waals surface area contributed by atoms with Gasteiger partial charge in [0.2, 0.25) is 0 Å². The fourth-order valence-electron chi connectivity index (χ4n) is 3.56. The number of halogens is 2. The Labute approximate surface area is 209 Å². The Morgan fingerprint density at radius 2 is 1.57 bits per heavy atom. The minimum Gasteiger partial charge on any atom is -0.459 e. The number of rotatable bonds is 6. The third kappa shape index (κ3) is 5.82. The van der Waals surface area contributed by atoms with Gasteiger partial charge in [-0.1, -0.05) is 23.2 Å². The van der Waals surface area contributed by atoms with Gasteiger partial charge in [0.25, 0.3) is 5.56 Å². The van der Waals surface area contributed by atoms with Crippen LogP contribution in [0, 0.1) is 6.92 Å². The van der Waals surface area contributed by atoms with E-state index in [1.165, 1.54) is 35.0 Å². The number of carbonyl (C=O) groups excluding carboxylic acids is 2. The minimum atomic E-state index is -0.869. The van der Waals surface area contributed by atoms with Gasteiger partial charge in [-0.3, -0.25) is 14.3 Å². The fourth-order valence-corrected chi connectivity index (χ4v) is 3.82. The second-order valence-corrected chi connectivity index (χ2v) is 8.77. The predicted octanol–water partition coefficient (Wildman–Crippen LogP) is 3.52. The maximum atomic E-state index is 12.7. The van der Waals surface area contributed by atoms with Crippen LogP contribution in [0.5, 0.6) is 0 Å². The van der Waals surface area contributed by atoms with Crippen molar-refractivity contribution in [1.29, 1.82) is 0 Å². The van der Waals surface area contributed by atoms with Crippen molar-refractivity contribution in [2.24, 2.45) is 0 Å². The molecule has 1 N–H and O–H groups in total. The average molecular weight is 519 g/mol. The van der Waals surface area contributed by atoms with Crippen LogP contribution in [0.3, 0.4) is 0 Å². The Bertz CT molecular complexity index is 1350. The van der Waals surface area contributed by atoms with Crippen molar-refractivity contribution >= 4 is 35.1 Å². The first-order valence-corrected chi connectivity index (χ1v) is 11.3. The summed E-state index contributed by atoms with van der Waals surface area (Å²) in [6, 6.07) is 12.3. The van der Waals surface area contributed by atoms with E-state index in [1.807, 2.05) is 0 Å². The first kappa shape index (κ1) is 24.7. The molecule has 182 valence electrons.